The first-order valence-corrected chi connectivity index (χ1v) is 7.91. The number of hydrogen-bond donors (Lipinski definition) is 0. The Bertz CT molecular complexity index is 114. The molecule has 0 N–H and O–H groups in total. The summed E-state index contributed by atoms with van der Waals surface area (Å²) in [5, 5.41) is -0.0613. The second-order valence-corrected chi connectivity index (χ2v) is 10.3. The summed E-state index contributed by atoms with van der Waals surface area (Å²) >= 11 is 17.9. The predicted octanol–water partition coefficient (Wildman–Crippen LogP) is 3.65. The molecule has 1 atom stereocenters. The van der Waals surface area contributed by atoms with Gasteiger partial charge in [0.05, 0.1) is 5.00 Å². The van der Waals surface area contributed by atoms with Crippen LogP contribution in [0.25, 0.3) is 0 Å². The van der Waals surface area contributed by atoms with Gasteiger partial charge in [-0.05, 0) is 12.5 Å². The van der Waals surface area contributed by atoms with Crippen LogP contribution in [0.1, 0.15) is 13.3 Å². The van der Waals surface area contributed by atoms with Crippen molar-refractivity contribution in [2.75, 3.05) is 0 Å². The highest BCUT2D eigenvalue weighted by Crippen LogP contribution is 2.30. The highest BCUT2D eigenvalue weighted by Gasteiger charge is 2.34. The van der Waals surface area contributed by atoms with Crippen molar-refractivity contribution < 1.29 is 0 Å². The van der Waals surface area contributed by atoms with Crippen molar-refractivity contribution in [3.8, 4) is 0 Å². The van der Waals surface area contributed by atoms with E-state index in [0.717, 1.165) is 6.42 Å². The van der Waals surface area contributed by atoms with E-state index in [0.29, 0.717) is 6.04 Å². The van der Waals surface area contributed by atoms with Crippen LogP contribution in [-0.2, 0) is 0 Å². The normalized spacial score (nSPS) is 14.8. The molecule has 60 valence electrons. The van der Waals surface area contributed by atoms with Gasteiger partial charge in [0.15, 0.2) is 0 Å². The molecule has 0 rings (SSSR count). The van der Waals surface area contributed by atoms with Crippen LogP contribution in [-0.4, -0.2) is 11.7 Å². The molecule has 0 saturated carbocycles. The Balaban J connectivity index is 3.94. The maximum Gasteiger partial charge on any atom is 0.272 e. The fourth-order valence-electron chi connectivity index (χ4n) is 0.619. The average molecular weight is 218 g/mol. The van der Waals surface area contributed by atoms with Gasteiger partial charge in [-0.25, -0.2) is 0 Å². The molecule has 0 aliphatic carbocycles. The Hall–Kier alpha value is 0.827. The summed E-state index contributed by atoms with van der Waals surface area (Å²) in [5.74, 6) is 0. The zero-order valence-electron chi connectivity index (χ0n) is 5.91. The molecule has 0 aliphatic heterocycles. The standard InChI is InChI=1S/C6H11Cl3Si/c1-3-5-10(8,9)6(7)4-2/h3,6H,1,4-5H2,2H3. The number of rotatable bonds is 4. The van der Waals surface area contributed by atoms with E-state index in [4.69, 9.17) is 33.8 Å². The monoisotopic (exact) mass is 216 g/mol. The molecule has 0 bridgehead atoms. The summed E-state index contributed by atoms with van der Waals surface area (Å²) in [6.45, 7) is 3.33. The predicted molar refractivity (Wildman–Crippen MR) is 52.4 cm³/mol. The fraction of sp³-hybridized carbons (Fsp3) is 0.667. The van der Waals surface area contributed by atoms with Crippen LogP contribution in [0.5, 0.6) is 0 Å². The lowest BCUT2D eigenvalue weighted by Gasteiger charge is -2.18. The summed E-state index contributed by atoms with van der Waals surface area (Å²) in [5.41, 5.74) is 0. The van der Waals surface area contributed by atoms with Gasteiger partial charge in [-0.1, -0.05) is 13.0 Å². The topological polar surface area (TPSA) is 0 Å². The Morgan fingerprint density at radius 2 is 2.10 bits per heavy atom. The molecule has 0 radical (unpaired) electrons. The van der Waals surface area contributed by atoms with Crippen LogP contribution in [0.4, 0.5) is 0 Å². The van der Waals surface area contributed by atoms with E-state index in [1.165, 1.54) is 0 Å². The number of halogens is 3. The van der Waals surface area contributed by atoms with Crippen molar-refractivity contribution in [3.63, 3.8) is 0 Å². The summed E-state index contributed by atoms with van der Waals surface area (Å²) in [4.78, 5) is 0. The molecule has 0 saturated heterocycles. The van der Waals surface area contributed by atoms with Crippen LogP contribution in [0.15, 0.2) is 12.7 Å². The lowest BCUT2D eigenvalue weighted by atomic mass is 10.6. The molecule has 1 unspecified atom stereocenters. The number of hydrogen-bond acceptors (Lipinski definition) is 0. The Kier molecular flexibility index (Phi) is 5.04. The van der Waals surface area contributed by atoms with Crippen molar-refractivity contribution in [3.05, 3.63) is 12.7 Å². The van der Waals surface area contributed by atoms with Gasteiger partial charge in [-0.15, -0.1) is 40.3 Å². The third-order valence-corrected chi connectivity index (χ3v) is 7.99. The Morgan fingerprint density at radius 3 is 2.40 bits per heavy atom. The molecular formula is C6H11Cl3Si. The summed E-state index contributed by atoms with van der Waals surface area (Å²) in [6.07, 6.45) is 2.56. The Morgan fingerprint density at radius 1 is 1.60 bits per heavy atom. The first-order valence-electron chi connectivity index (χ1n) is 3.17. The van der Waals surface area contributed by atoms with Gasteiger partial charge in [0.2, 0.25) is 0 Å². The van der Waals surface area contributed by atoms with Gasteiger partial charge in [-0.2, -0.15) is 0 Å². The molecule has 10 heavy (non-hydrogen) atoms. The number of alkyl halides is 1. The van der Waals surface area contributed by atoms with Crippen LogP contribution < -0.4 is 0 Å². The van der Waals surface area contributed by atoms with Crippen molar-refractivity contribution in [1.82, 2.24) is 0 Å². The minimum Gasteiger partial charge on any atom is -0.144 e. The quantitative estimate of drug-likeness (QED) is 0.292. The Labute approximate surface area is 77.6 Å². The zero-order valence-corrected chi connectivity index (χ0v) is 9.18. The molecule has 0 spiro atoms. The molecule has 0 heterocycles. The molecular weight excluding hydrogens is 207 g/mol. The van der Waals surface area contributed by atoms with Gasteiger partial charge in [0, 0.05) is 0 Å². The number of allylic oxidation sites excluding steroid dienone is 1. The van der Waals surface area contributed by atoms with Gasteiger partial charge in [-0.3, -0.25) is 0 Å². The van der Waals surface area contributed by atoms with E-state index < -0.39 is 6.69 Å². The lowest BCUT2D eigenvalue weighted by molar-refractivity contribution is 1.02. The molecule has 0 amide bonds. The van der Waals surface area contributed by atoms with Gasteiger partial charge >= 0.3 is 0 Å². The lowest BCUT2D eigenvalue weighted by Crippen LogP contribution is -2.31. The van der Waals surface area contributed by atoms with Crippen molar-refractivity contribution >= 4 is 40.5 Å². The van der Waals surface area contributed by atoms with Crippen LogP contribution in [0, 0.1) is 0 Å². The van der Waals surface area contributed by atoms with Crippen molar-refractivity contribution in [1.29, 1.82) is 0 Å². The van der Waals surface area contributed by atoms with Gasteiger partial charge < -0.3 is 0 Å². The maximum absolute atomic E-state index is 5.99. The molecule has 0 aliphatic rings. The third kappa shape index (κ3) is 3.29. The second-order valence-electron chi connectivity index (χ2n) is 2.13. The molecule has 0 aromatic carbocycles. The first-order chi connectivity index (χ1) is 4.54. The van der Waals surface area contributed by atoms with E-state index in [-0.39, 0.29) is 5.00 Å². The highest BCUT2D eigenvalue weighted by atomic mass is 35.7. The van der Waals surface area contributed by atoms with Crippen LogP contribution >= 0.6 is 33.8 Å². The van der Waals surface area contributed by atoms with E-state index in [2.05, 4.69) is 6.58 Å². The third-order valence-electron chi connectivity index (χ3n) is 1.23. The van der Waals surface area contributed by atoms with Crippen molar-refractivity contribution in [2.24, 2.45) is 0 Å². The summed E-state index contributed by atoms with van der Waals surface area (Å²) < 4.78 is 0. The molecule has 0 fully saturated rings. The van der Waals surface area contributed by atoms with E-state index in [1.807, 2.05) is 6.92 Å². The van der Waals surface area contributed by atoms with E-state index in [1.54, 1.807) is 6.08 Å². The first kappa shape index (κ1) is 10.8. The highest BCUT2D eigenvalue weighted by molar-refractivity contribution is 7.47. The summed E-state index contributed by atoms with van der Waals surface area (Å²) in [6, 6.07) is 0.665. The maximum atomic E-state index is 5.99. The van der Waals surface area contributed by atoms with Gasteiger partial charge in [0.25, 0.3) is 6.69 Å². The van der Waals surface area contributed by atoms with Crippen LogP contribution in [0.2, 0.25) is 6.04 Å². The van der Waals surface area contributed by atoms with Crippen molar-refractivity contribution in [2.45, 2.75) is 24.4 Å². The summed E-state index contributed by atoms with van der Waals surface area (Å²) in [7, 11) is 0. The minimum absolute atomic E-state index is 0.0613. The SMILES string of the molecule is C=CC[Si](Cl)(Cl)C(Cl)CC. The molecule has 0 aromatic rings. The second kappa shape index (κ2) is 4.65. The largest absolute Gasteiger partial charge is 0.272 e. The molecule has 4 heteroatoms. The average Bonchev–Trinajstić information content (AvgIpc) is 1.86. The zero-order chi connectivity index (χ0) is 8.20. The molecule has 0 aromatic heterocycles. The van der Waals surface area contributed by atoms with E-state index >= 15 is 0 Å². The van der Waals surface area contributed by atoms with E-state index in [9.17, 15) is 0 Å². The fourth-order valence-corrected chi connectivity index (χ4v) is 3.70. The van der Waals surface area contributed by atoms with Crippen LogP contribution in [0.3, 0.4) is 0 Å². The minimum atomic E-state index is -2.21. The van der Waals surface area contributed by atoms with Gasteiger partial charge in [0.1, 0.15) is 0 Å². The smallest absolute Gasteiger partial charge is 0.144 e. The molecule has 0 nitrogen and oxygen atoms in total.